The van der Waals surface area contributed by atoms with E-state index >= 15 is 0 Å². The second-order valence-corrected chi connectivity index (χ2v) is 8.71. The van der Waals surface area contributed by atoms with Crippen LogP contribution in [0.4, 0.5) is 0 Å². The highest BCUT2D eigenvalue weighted by Crippen LogP contribution is 2.31. The smallest absolute Gasteiger partial charge is 0.280 e. The number of nitrogens with two attached hydrogens (primary N) is 2. The molecule has 5 N–H and O–H groups in total. The standard InChI is InChI=1S/C20H21N5O5S/c1-31(28,29)18-10-14(19(27)24-20(21)22)4-7-17(18)30-15-5-2-13(3-6-15)16(26)11-25-9-8-23-12-25/h2-10,12,16,26H,11H2,1H3,(H4,21,22,24,27). The molecule has 0 radical (unpaired) electrons. The lowest BCUT2D eigenvalue weighted by atomic mass is 10.1. The predicted molar refractivity (Wildman–Crippen MR) is 113 cm³/mol. The Kier molecular flexibility index (Phi) is 6.37. The van der Waals surface area contributed by atoms with Crippen molar-refractivity contribution in [3.05, 3.63) is 72.3 Å². The highest BCUT2D eigenvalue weighted by atomic mass is 32.2. The number of nitrogens with zero attached hydrogens (tertiary/aromatic N) is 3. The number of aliphatic hydroxyl groups is 1. The van der Waals surface area contributed by atoms with Crippen LogP contribution in [0.2, 0.25) is 0 Å². The number of hydrogen-bond donors (Lipinski definition) is 3. The average Bonchev–Trinajstić information content (AvgIpc) is 3.20. The number of imidazole rings is 1. The third-order valence-corrected chi connectivity index (χ3v) is 5.37. The molecule has 2 aromatic carbocycles. The van der Waals surface area contributed by atoms with Gasteiger partial charge in [-0.15, -0.1) is 0 Å². The SMILES string of the molecule is CS(=O)(=O)c1cc(C(=O)N=C(N)N)ccc1Oc1ccc(C(O)Cn2ccnc2)cc1. The molecule has 3 aromatic rings. The van der Waals surface area contributed by atoms with Gasteiger partial charge in [-0.3, -0.25) is 4.79 Å². The van der Waals surface area contributed by atoms with Crippen LogP contribution < -0.4 is 16.2 Å². The van der Waals surface area contributed by atoms with Gasteiger partial charge in [0.1, 0.15) is 16.4 Å². The maximum atomic E-state index is 12.2. The van der Waals surface area contributed by atoms with Crippen molar-refractivity contribution in [1.29, 1.82) is 0 Å². The van der Waals surface area contributed by atoms with Gasteiger partial charge in [0.25, 0.3) is 5.91 Å². The molecule has 1 unspecified atom stereocenters. The molecule has 0 aliphatic carbocycles. The first-order valence-electron chi connectivity index (χ1n) is 9.03. The van der Waals surface area contributed by atoms with Gasteiger partial charge in [0.05, 0.1) is 19.0 Å². The molecular formula is C20H21N5O5S. The number of aliphatic imine (C=N–C) groups is 1. The molecule has 0 aliphatic heterocycles. The Bertz CT molecular complexity index is 1200. The van der Waals surface area contributed by atoms with Gasteiger partial charge in [0.2, 0.25) is 0 Å². The Morgan fingerprint density at radius 2 is 1.94 bits per heavy atom. The molecule has 0 saturated heterocycles. The summed E-state index contributed by atoms with van der Waals surface area (Å²) in [6.45, 7) is 0.337. The lowest BCUT2D eigenvalue weighted by molar-refractivity contribution is 0.100. The van der Waals surface area contributed by atoms with Crippen LogP contribution in [0.1, 0.15) is 22.0 Å². The van der Waals surface area contributed by atoms with E-state index in [-0.39, 0.29) is 16.2 Å². The molecule has 0 fully saturated rings. The Labute approximate surface area is 178 Å². The van der Waals surface area contributed by atoms with Gasteiger partial charge in [-0.1, -0.05) is 12.1 Å². The fourth-order valence-electron chi connectivity index (χ4n) is 2.78. The van der Waals surface area contributed by atoms with Crippen LogP contribution >= 0.6 is 0 Å². The Balaban J connectivity index is 1.83. The molecular weight excluding hydrogens is 422 g/mol. The average molecular weight is 443 g/mol. The minimum absolute atomic E-state index is 0.000790. The van der Waals surface area contributed by atoms with E-state index in [1.807, 2.05) is 0 Å². The number of aromatic nitrogens is 2. The van der Waals surface area contributed by atoms with Gasteiger partial charge in [0.15, 0.2) is 15.8 Å². The number of hydrogen-bond acceptors (Lipinski definition) is 6. The van der Waals surface area contributed by atoms with Crippen molar-refractivity contribution in [3.63, 3.8) is 0 Å². The number of carbonyl (C=O) groups excluding carboxylic acids is 1. The fourth-order valence-corrected chi connectivity index (χ4v) is 3.60. The van der Waals surface area contributed by atoms with Crippen molar-refractivity contribution in [1.82, 2.24) is 9.55 Å². The van der Waals surface area contributed by atoms with Crippen molar-refractivity contribution in [2.75, 3.05) is 6.26 Å². The molecule has 1 amide bonds. The van der Waals surface area contributed by atoms with Crippen molar-refractivity contribution in [3.8, 4) is 11.5 Å². The normalized spacial score (nSPS) is 12.2. The number of carbonyl (C=O) groups is 1. The molecule has 0 bridgehead atoms. The van der Waals surface area contributed by atoms with Crippen molar-refractivity contribution in [2.24, 2.45) is 16.5 Å². The van der Waals surface area contributed by atoms with Gasteiger partial charge in [-0.05, 0) is 35.9 Å². The quantitative estimate of drug-likeness (QED) is 0.362. The zero-order valence-electron chi connectivity index (χ0n) is 16.5. The number of sulfone groups is 1. The lowest BCUT2D eigenvalue weighted by Gasteiger charge is -2.14. The Morgan fingerprint density at radius 1 is 1.23 bits per heavy atom. The van der Waals surface area contributed by atoms with Gasteiger partial charge in [0, 0.05) is 24.2 Å². The summed E-state index contributed by atoms with van der Waals surface area (Å²) >= 11 is 0. The number of rotatable bonds is 7. The monoisotopic (exact) mass is 443 g/mol. The molecule has 11 heteroatoms. The summed E-state index contributed by atoms with van der Waals surface area (Å²) in [6, 6.07) is 10.4. The summed E-state index contributed by atoms with van der Waals surface area (Å²) in [5, 5.41) is 10.3. The van der Waals surface area contributed by atoms with Gasteiger partial charge < -0.3 is 25.9 Å². The number of guanidine groups is 1. The topological polar surface area (TPSA) is 163 Å². The highest BCUT2D eigenvalue weighted by molar-refractivity contribution is 7.90. The number of amides is 1. The van der Waals surface area contributed by atoms with Gasteiger partial charge >= 0.3 is 0 Å². The molecule has 0 saturated carbocycles. The second-order valence-electron chi connectivity index (χ2n) is 6.72. The van der Waals surface area contributed by atoms with Crippen LogP contribution in [0, 0.1) is 0 Å². The molecule has 31 heavy (non-hydrogen) atoms. The van der Waals surface area contributed by atoms with E-state index < -0.39 is 27.8 Å². The Morgan fingerprint density at radius 3 is 2.52 bits per heavy atom. The first kappa shape index (κ1) is 22.0. The van der Waals surface area contributed by atoms with Crippen LogP contribution in [0.15, 0.2) is 71.1 Å². The summed E-state index contributed by atoms with van der Waals surface area (Å²) in [5.41, 5.74) is 11.1. The molecule has 162 valence electrons. The molecule has 1 aromatic heterocycles. The molecule has 10 nitrogen and oxygen atoms in total. The number of aliphatic hydroxyl groups excluding tert-OH is 1. The highest BCUT2D eigenvalue weighted by Gasteiger charge is 2.19. The van der Waals surface area contributed by atoms with Gasteiger partial charge in [-0.2, -0.15) is 4.99 Å². The van der Waals surface area contributed by atoms with E-state index in [4.69, 9.17) is 16.2 Å². The van der Waals surface area contributed by atoms with E-state index in [1.54, 1.807) is 47.6 Å². The summed E-state index contributed by atoms with van der Waals surface area (Å²) in [5.74, 6) is -0.809. The van der Waals surface area contributed by atoms with Crippen LogP contribution in [0.5, 0.6) is 11.5 Å². The van der Waals surface area contributed by atoms with Crippen molar-refractivity contribution < 1.29 is 23.1 Å². The van der Waals surface area contributed by atoms with E-state index in [2.05, 4.69) is 9.98 Å². The number of ether oxygens (including phenoxy) is 1. The summed E-state index contributed by atoms with van der Waals surface area (Å²) in [4.78, 5) is 19.2. The zero-order chi connectivity index (χ0) is 22.6. The maximum Gasteiger partial charge on any atom is 0.280 e. The molecule has 1 atom stereocenters. The maximum absolute atomic E-state index is 12.2. The van der Waals surface area contributed by atoms with Crippen LogP contribution in [0.3, 0.4) is 0 Å². The number of benzene rings is 2. The fraction of sp³-hybridized carbons (Fsp3) is 0.150. The third-order valence-electron chi connectivity index (χ3n) is 4.26. The predicted octanol–water partition coefficient (Wildman–Crippen LogP) is 1.23. The van der Waals surface area contributed by atoms with E-state index in [0.717, 1.165) is 12.3 Å². The van der Waals surface area contributed by atoms with E-state index in [9.17, 15) is 18.3 Å². The van der Waals surface area contributed by atoms with Crippen molar-refractivity contribution >= 4 is 21.7 Å². The van der Waals surface area contributed by atoms with E-state index in [0.29, 0.717) is 17.9 Å². The van der Waals surface area contributed by atoms with E-state index in [1.165, 1.54) is 12.1 Å². The minimum Gasteiger partial charge on any atom is -0.456 e. The molecule has 3 rings (SSSR count). The minimum atomic E-state index is -3.73. The summed E-state index contributed by atoms with van der Waals surface area (Å²) in [6.07, 6.45) is 5.22. The molecule has 0 spiro atoms. The van der Waals surface area contributed by atoms with Gasteiger partial charge in [-0.25, -0.2) is 13.4 Å². The summed E-state index contributed by atoms with van der Waals surface area (Å²) < 4.78 is 31.9. The third kappa shape index (κ3) is 5.68. The largest absolute Gasteiger partial charge is 0.456 e. The second kappa shape index (κ2) is 8.98. The summed E-state index contributed by atoms with van der Waals surface area (Å²) in [7, 11) is -3.73. The first-order chi connectivity index (χ1) is 14.6. The Hall–Kier alpha value is -3.70. The van der Waals surface area contributed by atoms with Crippen LogP contribution in [0.25, 0.3) is 0 Å². The lowest BCUT2D eigenvalue weighted by Crippen LogP contribution is -2.24. The molecule has 1 heterocycles. The van der Waals surface area contributed by atoms with Crippen LogP contribution in [-0.2, 0) is 16.4 Å². The van der Waals surface area contributed by atoms with Crippen LogP contribution in [-0.4, -0.2) is 41.2 Å². The van der Waals surface area contributed by atoms with Crippen molar-refractivity contribution in [2.45, 2.75) is 17.5 Å². The molecule has 0 aliphatic rings. The first-order valence-corrected chi connectivity index (χ1v) is 10.9. The zero-order valence-corrected chi connectivity index (χ0v) is 17.4.